The highest BCUT2D eigenvalue weighted by atomic mass is 32.1. The van der Waals surface area contributed by atoms with E-state index >= 15 is 0 Å². The van der Waals surface area contributed by atoms with Gasteiger partial charge in [0.05, 0.1) is 10.9 Å². The van der Waals surface area contributed by atoms with Crippen LogP contribution in [0.1, 0.15) is 5.82 Å². The minimum atomic E-state index is -0.455. The van der Waals surface area contributed by atoms with Gasteiger partial charge in [-0.2, -0.15) is 4.98 Å². The molecule has 0 aliphatic carbocycles. The molecule has 0 unspecified atom stereocenters. The molecule has 3 N–H and O–H groups in total. The Bertz CT molecular complexity index is 1250. The van der Waals surface area contributed by atoms with E-state index in [1.165, 1.54) is 12.4 Å². The summed E-state index contributed by atoms with van der Waals surface area (Å²) in [6.07, 6.45) is 2.83. The van der Waals surface area contributed by atoms with Gasteiger partial charge >= 0.3 is 0 Å². The first-order valence-corrected chi connectivity index (χ1v) is 7.54. The van der Waals surface area contributed by atoms with Crippen LogP contribution in [-0.4, -0.2) is 34.9 Å². The number of hydrogen-bond acceptors (Lipinski definition) is 7. The van der Waals surface area contributed by atoms with Gasteiger partial charge in [-0.15, -0.1) is 0 Å². The van der Waals surface area contributed by atoms with Gasteiger partial charge in [0.15, 0.2) is 17.0 Å². The lowest BCUT2D eigenvalue weighted by molar-refractivity contribution is 1.11. The van der Waals surface area contributed by atoms with Gasteiger partial charge in [-0.3, -0.25) is 14.6 Å². The molecule has 4 rings (SSSR count). The Hall–Kier alpha value is -3.53. The Kier molecular flexibility index (Phi) is 3.51. The van der Waals surface area contributed by atoms with E-state index < -0.39 is 5.56 Å². The van der Waals surface area contributed by atoms with Gasteiger partial charge in [0, 0.05) is 12.4 Å². The Morgan fingerprint density at radius 3 is 2.68 bits per heavy atom. The molecule has 0 radical (unpaired) electrons. The average Bonchev–Trinajstić information content (AvgIpc) is 2.62. The maximum absolute atomic E-state index is 12.1. The summed E-state index contributed by atoms with van der Waals surface area (Å²) in [6, 6.07) is 6.90. The largest absolute Gasteiger partial charge is 0.314 e. The maximum atomic E-state index is 12.1. The van der Waals surface area contributed by atoms with Crippen LogP contribution in [0.2, 0.25) is 0 Å². The normalized spacial score (nSPS) is 10.9. The molecule has 3 aromatic heterocycles. The van der Waals surface area contributed by atoms with E-state index in [4.69, 9.17) is 12.2 Å². The molecule has 0 fully saturated rings. The van der Waals surface area contributed by atoms with Crippen molar-refractivity contribution in [3.63, 3.8) is 0 Å². The minimum Gasteiger partial charge on any atom is -0.314 e. The van der Waals surface area contributed by atoms with Crippen molar-refractivity contribution >= 4 is 45.2 Å². The van der Waals surface area contributed by atoms with E-state index in [9.17, 15) is 9.59 Å². The van der Waals surface area contributed by atoms with Gasteiger partial charge in [0.1, 0.15) is 4.99 Å². The molecule has 9 nitrogen and oxygen atoms in total. The number of rotatable bonds is 2. The van der Waals surface area contributed by atoms with Crippen LogP contribution in [0, 0.1) is 0 Å². The van der Waals surface area contributed by atoms with Gasteiger partial charge in [0.25, 0.3) is 11.1 Å². The third-order valence-electron chi connectivity index (χ3n) is 3.40. The molecule has 3 heterocycles. The van der Waals surface area contributed by atoms with E-state index in [1.807, 2.05) is 0 Å². The summed E-state index contributed by atoms with van der Waals surface area (Å²) >= 11 is 5.25. The molecule has 0 aliphatic rings. The smallest absolute Gasteiger partial charge is 0.280 e. The third-order valence-corrected chi connectivity index (χ3v) is 3.70. The van der Waals surface area contributed by atoms with Crippen molar-refractivity contribution in [2.45, 2.75) is 0 Å². The van der Waals surface area contributed by atoms with Crippen molar-refractivity contribution < 1.29 is 0 Å². The molecule has 0 saturated heterocycles. The van der Waals surface area contributed by atoms with Crippen LogP contribution in [0.4, 0.5) is 5.95 Å². The summed E-state index contributed by atoms with van der Waals surface area (Å²) in [7, 11) is 0. The predicted octanol–water partition coefficient (Wildman–Crippen LogP) is 0.737. The summed E-state index contributed by atoms with van der Waals surface area (Å²) < 4.78 is 0. The second-order valence-electron chi connectivity index (χ2n) is 5.03. The molecule has 0 spiro atoms. The number of para-hydroxylation sites is 1. The van der Waals surface area contributed by atoms with E-state index in [1.54, 1.807) is 24.3 Å². The zero-order valence-corrected chi connectivity index (χ0v) is 13.3. The monoisotopic (exact) mass is 351 g/mol. The van der Waals surface area contributed by atoms with Crippen molar-refractivity contribution in [3.05, 3.63) is 63.2 Å². The zero-order chi connectivity index (χ0) is 17.4. The molecule has 0 atom stereocenters. The number of aromatic nitrogens is 6. The Labute approximate surface area is 144 Å². The van der Waals surface area contributed by atoms with Gasteiger partial charge in [-0.05, 0) is 12.1 Å². The van der Waals surface area contributed by atoms with Crippen molar-refractivity contribution in [1.29, 1.82) is 0 Å². The molecule has 0 bridgehead atoms. The molecule has 122 valence electrons. The minimum absolute atomic E-state index is 0.0822. The quantitative estimate of drug-likeness (QED) is 0.451. The predicted molar refractivity (Wildman–Crippen MR) is 95.6 cm³/mol. The molecule has 0 saturated carbocycles. The molecule has 1 aromatic carbocycles. The Morgan fingerprint density at radius 2 is 1.80 bits per heavy atom. The van der Waals surface area contributed by atoms with Crippen molar-refractivity contribution in [3.8, 4) is 0 Å². The van der Waals surface area contributed by atoms with Crippen LogP contribution in [-0.2, 0) is 0 Å². The average molecular weight is 351 g/mol. The number of thiocarbonyl (C=S) groups is 1. The molecule has 25 heavy (non-hydrogen) atoms. The zero-order valence-electron chi connectivity index (χ0n) is 12.5. The summed E-state index contributed by atoms with van der Waals surface area (Å²) in [5, 5.41) is 3.21. The lowest BCUT2D eigenvalue weighted by Crippen LogP contribution is -2.23. The highest BCUT2D eigenvalue weighted by Gasteiger charge is 2.11. The third kappa shape index (κ3) is 2.74. The first-order valence-electron chi connectivity index (χ1n) is 7.13. The standard InChI is InChI=1S/C15H9N7O2S/c23-12-7-3-1-2-4-8(7)18-11(19-12)14(25)22-15-20-10-9(13(24)21-15)16-5-6-17-10/h1-6H,(H,18,19,23)(H2,17,20,21,22,24,25). The Morgan fingerprint density at radius 1 is 1.00 bits per heavy atom. The van der Waals surface area contributed by atoms with E-state index in [2.05, 4.69) is 35.2 Å². The second-order valence-corrected chi connectivity index (χ2v) is 5.44. The number of fused-ring (bicyclic) bond motifs is 2. The van der Waals surface area contributed by atoms with Gasteiger partial charge in [-0.25, -0.2) is 15.0 Å². The fourth-order valence-corrected chi connectivity index (χ4v) is 2.49. The highest BCUT2D eigenvalue weighted by molar-refractivity contribution is 7.81. The summed E-state index contributed by atoms with van der Waals surface area (Å²) in [4.78, 5) is 45.7. The number of nitrogens with one attached hydrogen (secondary N) is 3. The molecule has 4 aromatic rings. The summed E-state index contributed by atoms with van der Waals surface area (Å²) in [6.45, 7) is 0. The lowest BCUT2D eigenvalue weighted by Gasteiger charge is -2.07. The fourth-order valence-electron chi connectivity index (χ4n) is 2.29. The lowest BCUT2D eigenvalue weighted by atomic mass is 10.2. The molecule has 0 amide bonds. The van der Waals surface area contributed by atoms with Crippen LogP contribution in [0.5, 0.6) is 0 Å². The molecule has 0 aliphatic heterocycles. The van der Waals surface area contributed by atoms with Gasteiger partial charge in [0.2, 0.25) is 5.95 Å². The van der Waals surface area contributed by atoms with E-state index in [0.717, 1.165) is 0 Å². The van der Waals surface area contributed by atoms with Gasteiger partial charge in [-0.1, -0.05) is 24.4 Å². The molecular weight excluding hydrogens is 342 g/mol. The van der Waals surface area contributed by atoms with Crippen molar-refractivity contribution in [2.75, 3.05) is 5.32 Å². The first-order chi connectivity index (χ1) is 12.1. The summed E-state index contributed by atoms with van der Waals surface area (Å²) in [5.74, 6) is 0.249. The Balaban J connectivity index is 1.73. The van der Waals surface area contributed by atoms with Crippen molar-refractivity contribution in [2.24, 2.45) is 0 Å². The molecule has 10 heteroatoms. The van der Waals surface area contributed by atoms with Crippen LogP contribution >= 0.6 is 12.2 Å². The number of hydrogen-bond donors (Lipinski definition) is 3. The van der Waals surface area contributed by atoms with Crippen LogP contribution in [0.15, 0.2) is 46.2 Å². The summed E-state index contributed by atoms with van der Waals surface area (Å²) in [5.41, 5.74) is 0.0443. The first kappa shape index (κ1) is 15.0. The highest BCUT2D eigenvalue weighted by Crippen LogP contribution is 2.08. The van der Waals surface area contributed by atoms with E-state index in [-0.39, 0.29) is 33.5 Å². The maximum Gasteiger partial charge on any atom is 0.280 e. The number of H-pyrrole nitrogens is 2. The topological polar surface area (TPSA) is 129 Å². The van der Waals surface area contributed by atoms with Crippen LogP contribution in [0.3, 0.4) is 0 Å². The van der Waals surface area contributed by atoms with Gasteiger partial charge < -0.3 is 10.3 Å². The fraction of sp³-hybridized carbons (Fsp3) is 0. The number of benzene rings is 1. The number of anilines is 1. The second kappa shape index (κ2) is 5.83. The SMILES string of the molecule is O=c1[nH]c(C(=S)Nc2nc3nccnc3c(=O)[nH]2)nc2ccccc12. The number of nitrogens with zero attached hydrogens (tertiary/aromatic N) is 4. The van der Waals surface area contributed by atoms with Crippen molar-refractivity contribution in [1.82, 2.24) is 29.9 Å². The van der Waals surface area contributed by atoms with Crippen LogP contribution < -0.4 is 16.4 Å². The number of aromatic amines is 2. The van der Waals surface area contributed by atoms with E-state index in [0.29, 0.717) is 10.9 Å². The van der Waals surface area contributed by atoms with Crippen LogP contribution in [0.25, 0.3) is 22.1 Å². The molecular formula is C15H9N7O2S.